The van der Waals surface area contributed by atoms with E-state index in [1.807, 2.05) is 6.07 Å². The zero-order valence-electron chi connectivity index (χ0n) is 9.60. The monoisotopic (exact) mass is 229 g/mol. The second-order valence-corrected chi connectivity index (χ2v) is 4.50. The number of hydrogen-bond acceptors (Lipinski definition) is 4. The lowest BCUT2D eigenvalue weighted by atomic mass is 9.95. The third-order valence-electron chi connectivity index (χ3n) is 3.33. The number of nitrogens with zero attached hydrogens (tertiary/aromatic N) is 2. The van der Waals surface area contributed by atoms with Crippen LogP contribution in [0.4, 0.5) is 0 Å². The SMILES string of the molecule is NCCc1nc(C2(c3ccccc3)CC2)no1. The van der Waals surface area contributed by atoms with Crippen LogP contribution in [-0.2, 0) is 11.8 Å². The first-order chi connectivity index (χ1) is 8.35. The van der Waals surface area contributed by atoms with E-state index >= 15 is 0 Å². The van der Waals surface area contributed by atoms with Crippen LogP contribution >= 0.6 is 0 Å². The number of benzene rings is 1. The van der Waals surface area contributed by atoms with E-state index in [4.69, 9.17) is 10.3 Å². The summed E-state index contributed by atoms with van der Waals surface area (Å²) in [5.74, 6) is 1.46. The predicted octanol–water partition coefficient (Wildman–Crippen LogP) is 1.65. The van der Waals surface area contributed by atoms with Crippen molar-refractivity contribution in [1.29, 1.82) is 0 Å². The first-order valence-electron chi connectivity index (χ1n) is 5.94. The largest absolute Gasteiger partial charge is 0.339 e. The van der Waals surface area contributed by atoms with Gasteiger partial charge in [-0.3, -0.25) is 0 Å². The lowest BCUT2D eigenvalue weighted by molar-refractivity contribution is 0.371. The molecule has 1 aromatic carbocycles. The molecule has 2 N–H and O–H groups in total. The van der Waals surface area contributed by atoms with E-state index in [1.165, 1.54) is 5.56 Å². The van der Waals surface area contributed by atoms with Gasteiger partial charge < -0.3 is 10.3 Å². The van der Waals surface area contributed by atoms with Crippen LogP contribution in [0.25, 0.3) is 0 Å². The number of aromatic nitrogens is 2. The average Bonchev–Trinajstić information content (AvgIpc) is 3.06. The molecule has 1 heterocycles. The summed E-state index contributed by atoms with van der Waals surface area (Å²) in [5.41, 5.74) is 6.75. The van der Waals surface area contributed by atoms with Gasteiger partial charge in [-0.15, -0.1) is 0 Å². The zero-order chi connectivity index (χ0) is 11.7. The highest BCUT2D eigenvalue weighted by Crippen LogP contribution is 2.52. The van der Waals surface area contributed by atoms with Crippen molar-refractivity contribution < 1.29 is 4.52 Å². The summed E-state index contributed by atoms with van der Waals surface area (Å²) in [6.07, 6.45) is 2.84. The molecule has 0 aliphatic heterocycles. The quantitative estimate of drug-likeness (QED) is 0.865. The van der Waals surface area contributed by atoms with E-state index in [-0.39, 0.29) is 5.41 Å². The summed E-state index contributed by atoms with van der Waals surface area (Å²) in [6.45, 7) is 0.542. The first kappa shape index (κ1) is 10.5. The predicted molar refractivity (Wildman–Crippen MR) is 63.5 cm³/mol. The van der Waals surface area contributed by atoms with Crippen LogP contribution in [0.5, 0.6) is 0 Å². The van der Waals surface area contributed by atoms with Gasteiger partial charge in [0.1, 0.15) is 0 Å². The minimum absolute atomic E-state index is 0.00237. The number of hydrogen-bond donors (Lipinski definition) is 1. The van der Waals surface area contributed by atoms with Gasteiger partial charge in [0.25, 0.3) is 0 Å². The van der Waals surface area contributed by atoms with Crippen molar-refractivity contribution in [3.05, 3.63) is 47.6 Å². The van der Waals surface area contributed by atoms with Gasteiger partial charge in [-0.05, 0) is 18.4 Å². The fraction of sp³-hybridized carbons (Fsp3) is 0.385. The minimum Gasteiger partial charge on any atom is -0.339 e. The van der Waals surface area contributed by atoms with Crippen molar-refractivity contribution in [2.24, 2.45) is 5.73 Å². The molecule has 17 heavy (non-hydrogen) atoms. The van der Waals surface area contributed by atoms with Crippen LogP contribution in [0.1, 0.15) is 30.1 Å². The molecule has 2 aromatic rings. The van der Waals surface area contributed by atoms with Crippen molar-refractivity contribution >= 4 is 0 Å². The Balaban J connectivity index is 1.92. The highest BCUT2D eigenvalue weighted by molar-refractivity contribution is 5.38. The Hall–Kier alpha value is -1.68. The Morgan fingerprint density at radius 1 is 1.24 bits per heavy atom. The summed E-state index contributed by atoms with van der Waals surface area (Å²) in [5, 5.41) is 4.10. The van der Waals surface area contributed by atoms with E-state index in [0.29, 0.717) is 18.9 Å². The number of nitrogens with two attached hydrogens (primary N) is 1. The Labute approximate surface area is 99.8 Å². The van der Waals surface area contributed by atoms with Gasteiger partial charge in [0.05, 0.1) is 5.41 Å². The summed E-state index contributed by atoms with van der Waals surface area (Å²) in [4.78, 5) is 4.45. The Bertz CT molecular complexity index is 502. The summed E-state index contributed by atoms with van der Waals surface area (Å²) in [7, 11) is 0. The fourth-order valence-electron chi connectivity index (χ4n) is 2.20. The standard InChI is InChI=1S/C13H15N3O/c14-9-6-11-15-12(16-17-11)13(7-8-13)10-4-2-1-3-5-10/h1-5H,6-9,14H2. The van der Waals surface area contributed by atoms with Crippen molar-refractivity contribution in [2.45, 2.75) is 24.7 Å². The molecule has 0 saturated heterocycles. The summed E-state index contributed by atoms with van der Waals surface area (Å²) in [6, 6.07) is 10.4. The Morgan fingerprint density at radius 2 is 2.00 bits per heavy atom. The molecule has 0 radical (unpaired) electrons. The molecule has 1 aliphatic rings. The lowest BCUT2D eigenvalue weighted by Gasteiger charge is -2.09. The van der Waals surface area contributed by atoms with E-state index in [9.17, 15) is 0 Å². The average molecular weight is 229 g/mol. The van der Waals surface area contributed by atoms with Crippen LogP contribution < -0.4 is 5.73 Å². The van der Waals surface area contributed by atoms with Crippen molar-refractivity contribution in [2.75, 3.05) is 6.54 Å². The summed E-state index contributed by atoms with van der Waals surface area (Å²) >= 11 is 0. The molecule has 0 bridgehead atoms. The molecule has 0 spiro atoms. The van der Waals surface area contributed by atoms with E-state index < -0.39 is 0 Å². The lowest BCUT2D eigenvalue weighted by Crippen LogP contribution is -2.11. The molecule has 0 atom stereocenters. The maximum Gasteiger partial charge on any atom is 0.227 e. The maximum atomic E-state index is 5.48. The van der Waals surface area contributed by atoms with Crippen LogP contribution in [-0.4, -0.2) is 16.7 Å². The molecule has 1 saturated carbocycles. The van der Waals surface area contributed by atoms with Gasteiger partial charge in [-0.25, -0.2) is 0 Å². The fourth-order valence-corrected chi connectivity index (χ4v) is 2.20. The van der Waals surface area contributed by atoms with Crippen molar-refractivity contribution in [3.63, 3.8) is 0 Å². The zero-order valence-corrected chi connectivity index (χ0v) is 9.60. The van der Waals surface area contributed by atoms with Gasteiger partial charge >= 0.3 is 0 Å². The maximum absolute atomic E-state index is 5.48. The van der Waals surface area contributed by atoms with Gasteiger partial charge in [0.2, 0.25) is 5.89 Å². The van der Waals surface area contributed by atoms with E-state index in [0.717, 1.165) is 18.7 Å². The highest BCUT2D eigenvalue weighted by atomic mass is 16.5. The van der Waals surface area contributed by atoms with Crippen LogP contribution in [0.3, 0.4) is 0 Å². The third kappa shape index (κ3) is 1.74. The van der Waals surface area contributed by atoms with E-state index in [1.54, 1.807) is 0 Å². The molecule has 4 heteroatoms. The van der Waals surface area contributed by atoms with Crippen LogP contribution in [0.2, 0.25) is 0 Å². The smallest absolute Gasteiger partial charge is 0.227 e. The Kier molecular flexibility index (Phi) is 2.44. The molecule has 1 aliphatic carbocycles. The summed E-state index contributed by atoms with van der Waals surface area (Å²) < 4.78 is 5.21. The molecular formula is C13H15N3O. The highest BCUT2D eigenvalue weighted by Gasteiger charge is 2.49. The molecule has 1 fully saturated rings. The van der Waals surface area contributed by atoms with Gasteiger partial charge in [0.15, 0.2) is 5.82 Å². The van der Waals surface area contributed by atoms with Crippen LogP contribution in [0.15, 0.2) is 34.9 Å². The third-order valence-corrected chi connectivity index (χ3v) is 3.33. The molecule has 1 aromatic heterocycles. The first-order valence-corrected chi connectivity index (χ1v) is 5.94. The van der Waals surface area contributed by atoms with Gasteiger partial charge in [-0.1, -0.05) is 35.5 Å². The van der Waals surface area contributed by atoms with Crippen LogP contribution in [0, 0.1) is 0 Å². The second-order valence-electron chi connectivity index (χ2n) is 4.50. The minimum atomic E-state index is -0.00237. The Morgan fingerprint density at radius 3 is 2.65 bits per heavy atom. The van der Waals surface area contributed by atoms with Gasteiger partial charge in [0, 0.05) is 13.0 Å². The normalized spacial score (nSPS) is 17.0. The van der Waals surface area contributed by atoms with Crippen molar-refractivity contribution in [3.8, 4) is 0 Å². The molecule has 0 unspecified atom stereocenters. The molecule has 4 nitrogen and oxygen atoms in total. The number of rotatable bonds is 4. The van der Waals surface area contributed by atoms with E-state index in [2.05, 4.69) is 34.4 Å². The molecule has 88 valence electrons. The topological polar surface area (TPSA) is 64.9 Å². The van der Waals surface area contributed by atoms with Gasteiger partial charge in [-0.2, -0.15) is 4.98 Å². The molecule has 3 rings (SSSR count). The second kappa shape index (κ2) is 3.96. The van der Waals surface area contributed by atoms with Crippen molar-refractivity contribution in [1.82, 2.24) is 10.1 Å². The molecule has 0 amide bonds. The molecular weight excluding hydrogens is 214 g/mol.